The standard InChI is InChI=1S/C27H32N2O3S2/c1-21-13-15-24(16-14-21)34(31,32)29-26(18-20-33-2)27(30)28-19-17-25(22-9-5-3-6-10-22)23-11-7-4-8-12-23/h3-16,25-26,29H,17-20H2,1-2H3,(H,28,30). The van der Waals surface area contributed by atoms with Crippen molar-refractivity contribution in [2.75, 3.05) is 18.6 Å². The minimum atomic E-state index is -3.80. The smallest absolute Gasteiger partial charge is 0.241 e. The Morgan fingerprint density at radius 3 is 1.94 bits per heavy atom. The van der Waals surface area contributed by atoms with Gasteiger partial charge in [0, 0.05) is 12.5 Å². The molecule has 180 valence electrons. The summed E-state index contributed by atoms with van der Waals surface area (Å²) >= 11 is 1.58. The molecule has 2 N–H and O–H groups in total. The summed E-state index contributed by atoms with van der Waals surface area (Å²) in [6.07, 6.45) is 3.06. The molecule has 7 heteroatoms. The summed E-state index contributed by atoms with van der Waals surface area (Å²) in [7, 11) is -3.80. The molecule has 1 unspecified atom stereocenters. The monoisotopic (exact) mass is 496 g/mol. The molecule has 0 saturated heterocycles. The second kappa shape index (κ2) is 12.7. The van der Waals surface area contributed by atoms with Gasteiger partial charge in [0.1, 0.15) is 6.04 Å². The lowest BCUT2D eigenvalue weighted by atomic mass is 9.88. The summed E-state index contributed by atoms with van der Waals surface area (Å²) in [5.41, 5.74) is 3.34. The van der Waals surface area contributed by atoms with Crippen LogP contribution in [0, 0.1) is 6.92 Å². The van der Waals surface area contributed by atoms with Gasteiger partial charge >= 0.3 is 0 Å². The predicted octanol–water partition coefficient (Wildman–Crippen LogP) is 4.73. The number of nitrogens with one attached hydrogen (secondary N) is 2. The quantitative estimate of drug-likeness (QED) is 0.380. The van der Waals surface area contributed by atoms with Gasteiger partial charge in [0.2, 0.25) is 15.9 Å². The fourth-order valence-corrected chi connectivity index (χ4v) is 5.51. The van der Waals surface area contributed by atoms with Gasteiger partial charge in [-0.15, -0.1) is 0 Å². The molecular formula is C27H32N2O3S2. The third kappa shape index (κ3) is 7.45. The molecular weight excluding hydrogens is 464 g/mol. The molecule has 0 fully saturated rings. The van der Waals surface area contributed by atoms with Gasteiger partial charge in [-0.1, -0.05) is 78.4 Å². The molecule has 3 rings (SSSR count). The van der Waals surface area contributed by atoms with Crippen LogP contribution < -0.4 is 10.0 Å². The van der Waals surface area contributed by atoms with Crippen molar-refractivity contribution in [3.8, 4) is 0 Å². The molecule has 0 aliphatic rings. The highest BCUT2D eigenvalue weighted by Gasteiger charge is 2.25. The van der Waals surface area contributed by atoms with Gasteiger partial charge in [-0.05, 0) is 55.0 Å². The maximum atomic E-state index is 13.0. The number of rotatable bonds is 12. The lowest BCUT2D eigenvalue weighted by Gasteiger charge is -2.21. The topological polar surface area (TPSA) is 75.3 Å². The molecule has 0 bridgehead atoms. The van der Waals surface area contributed by atoms with E-state index in [1.54, 1.807) is 36.0 Å². The number of hydrogen-bond acceptors (Lipinski definition) is 4. The van der Waals surface area contributed by atoms with Gasteiger partial charge in [0.25, 0.3) is 0 Å². The highest BCUT2D eigenvalue weighted by molar-refractivity contribution is 7.98. The van der Waals surface area contributed by atoms with Crippen LogP contribution in [0.1, 0.15) is 35.4 Å². The number of carbonyl (C=O) groups excluding carboxylic acids is 1. The first-order valence-electron chi connectivity index (χ1n) is 11.4. The van der Waals surface area contributed by atoms with Crippen LogP contribution in [0.25, 0.3) is 0 Å². The van der Waals surface area contributed by atoms with Crippen molar-refractivity contribution in [2.45, 2.75) is 36.6 Å². The van der Waals surface area contributed by atoms with Crippen LogP contribution >= 0.6 is 11.8 Å². The molecule has 34 heavy (non-hydrogen) atoms. The average Bonchev–Trinajstić information content (AvgIpc) is 2.85. The molecule has 0 saturated carbocycles. The van der Waals surface area contributed by atoms with E-state index in [1.807, 2.05) is 49.6 Å². The molecule has 0 radical (unpaired) electrons. The summed E-state index contributed by atoms with van der Waals surface area (Å²) in [5, 5.41) is 2.97. The van der Waals surface area contributed by atoms with Crippen molar-refractivity contribution in [3.05, 3.63) is 102 Å². The second-order valence-electron chi connectivity index (χ2n) is 8.22. The van der Waals surface area contributed by atoms with Crippen LogP contribution in [0.5, 0.6) is 0 Å². The molecule has 3 aromatic rings. The third-order valence-electron chi connectivity index (χ3n) is 5.69. The lowest BCUT2D eigenvalue weighted by Crippen LogP contribution is -2.47. The number of benzene rings is 3. The fraction of sp³-hybridized carbons (Fsp3) is 0.296. The number of sulfonamides is 1. The zero-order valence-electron chi connectivity index (χ0n) is 19.6. The van der Waals surface area contributed by atoms with Crippen LogP contribution in [0.4, 0.5) is 0 Å². The number of aryl methyl sites for hydroxylation is 1. The maximum Gasteiger partial charge on any atom is 0.241 e. The molecule has 5 nitrogen and oxygen atoms in total. The molecule has 0 spiro atoms. The highest BCUT2D eigenvalue weighted by Crippen LogP contribution is 2.27. The normalized spacial score (nSPS) is 12.4. The molecule has 0 aliphatic carbocycles. The van der Waals surface area contributed by atoms with E-state index in [0.717, 1.165) is 5.56 Å². The van der Waals surface area contributed by atoms with Crippen molar-refractivity contribution >= 4 is 27.7 Å². The Morgan fingerprint density at radius 2 is 1.41 bits per heavy atom. The Labute approximate surface area is 207 Å². The highest BCUT2D eigenvalue weighted by atomic mass is 32.2. The van der Waals surface area contributed by atoms with Crippen LogP contribution in [0.3, 0.4) is 0 Å². The van der Waals surface area contributed by atoms with E-state index in [-0.39, 0.29) is 16.7 Å². The first kappa shape index (κ1) is 26.0. The van der Waals surface area contributed by atoms with Gasteiger partial charge in [-0.2, -0.15) is 16.5 Å². The summed E-state index contributed by atoms with van der Waals surface area (Å²) in [5.74, 6) is 0.506. The Balaban J connectivity index is 1.68. The van der Waals surface area contributed by atoms with Crippen molar-refractivity contribution in [3.63, 3.8) is 0 Å². The van der Waals surface area contributed by atoms with E-state index >= 15 is 0 Å². The van der Waals surface area contributed by atoms with E-state index in [2.05, 4.69) is 34.3 Å². The first-order chi connectivity index (χ1) is 16.4. The second-order valence-corrected chi connectivity index (χ2v) is 10.9. The Kier molecular flexibility index (Phi) is 9.74. The van der Waals surface area contributed by atoms with E-state index in [4.69, 9.17) is 0 Å². The number of amides is 1. The Morgan fingerprint density at radius 1 is 0.853 bits per heavy atom. The summed E-state index contributed by atoms with van der Waals surface area (Å²) in [4.78, 5) is 13.2. The molecule has 0 aromatic heterocycles. The van der Waals surface area contributed by atoms with Gasteiger partial charge in [0.15, 0.2) is 0 Å². The van der Waals surface area contributed by atoms with Crippen LogP contribution in [0.2, 0.25) is 0 Å². The molecule has 3 aromatic carbocycles. The van der Waals surface area contributed by atoms with Gasteiger partial charge in [0.05, 0.1) is 4.90 Å². The molecule has 0 heterocycles. The van der Waals surface area contributed by atoms with Crippen molar-refractivity contribution in [1.29, 1.82) is 0 Å². The van der Waals surface area contributed by atoms with Crippen LogP contribution in [-0.4, -0.2) is 38.9 Å². The van der Waals surface area contributed by atoms with Crippen molar-refractivity contribution < 1.29 is 13.2 Å². The van der Waals surface area contributed by atoms with Gasteiger partial charge < -0.3 is 5.32 Å². The molecule has 0 aliphatic heterocycles. The van der Waals surface area contributed by atoms with Crippen molar-refractivity contribution in [1.82, 2.24) is 10.0 Å². The Hall–Kier alpha value is -2.61. The number of carbonyl (C=O) groups is 1. The molecule has 1 atom stereocenters. The van der Waals surface area contributed by atoms with E-state index < -0.39 is 16.1 Å². The fourth-order valence-electron chi connectivity index (χ4n) is 3.81. The number of thioether (sulfide) groups is 1. The van der Waals surface area contributed by atoms with Crippen LogP contribution in [0.15, 0.2) is 89.8 Å². The first-order valence-corrected chi connectivity index (χ1v) is 14.2. The van der Waals surface area contributed by atoms with E-state index in [0.29, 0.717) is 25.1 Å². The van der Waals surface area contributed by atoms with Gasteiger partial charge in [-0.3, -0.25) is 4.79 Å². The zero-order valence-corrected chi connectivity index (χ0v) is 21.2. The van der Waals surface area contributed by atoms with Gasteiger partial charge in [-0.25, -0.2) is 8.42 Å². The predicted molar refractivity (Wildman–Crippen MR) is 141 cm³/mol. The maximum absolute atomic E-state index is 13.0. The summed E-state index contributed by atoms with van der Waals surface area (Å²) in [6.45, 7) is 2.34. The SMILES string of the molecule is CSCCC(NS(=O)(=O)c1ccc(C)cc1)C(=O)NCCC(c1ccccc1)c1ccccc1. The minimum absolute atomic E-state index is 0.136. The number of hydrogen-bond donors (Lipinski definition) is 2. The average molecular weight is 497 g/mol. The van der Waals surface area contributed by atoms with E-state index in [1.165, 1.54) is 11.1 Å². The Bertz CT molecular complexity index is 1100. The third-order valence-corrected chi connectivity index (χ3v) is 7.82. The van der Waals surface area contributed by atoms with Crippen molar-refractivity contribution in [2.24, 2.45) is 0 Å². The largest absolute Gasteiger partial charge is 0.355 e. The zero-order chi connectivity index (χ0) is 24.4. The summed E-state index contributed by atoms with van der Waals surface area (Å²) < 4.78 is 28.4. The van der Waals surface area contributed by atoms with Crippen LogP contribution in [-0.2, 0) is 14.8 Å². The molecule has 1 amide bonds. The minimum Gasteiger partial charge on any atom is -0.355 e. The van der Waals surface area contributed by atoms with E-state index in [9.17, 15) is 13.2 Å². The lowest BCUT2D eigenvalue weighted by molar-refractivity contribution is -0.122. The summed E-state index contributed by atoms with van der Waals surface area (Å²) in [6, 6.07) is 26.2.